The topological polar surface area (TPSA) is 164 Å². The highest BCUT2D eigenvalue weighted by Gasteiger charge is 2.71. The maximum absolute atomic E-state index is 14.4. The van der Waals surface area contributed by atoms with E-state index in [2.05, 4.69) is 69.4 Å². The highest BCUT2D eigenvalue weighted by Crippen LogP contribution is 2.76. The smallest absolute Gasteiger partial charge is 0.321 e. The molecule has 1 heterocycles. The molecule has 5 fully saturated rings. The molecule has 7 rings (SSSR count). The number of allylic oxidation sites excluding steroid dienone is 1. The molecular weight excluding hydrogens is 745 g/mol. The Morgan fingerprint density at radius 3 is 2.19 bits per heavy atom. The normalized spacial score (nSPS) is 38.2. The van der Waals surface area contributed by atoms with Crippen molar-refractivity contribution in [3.63, 3.8) is 0 Å². The zero-order valence-corrected chi connectivity index (χ0v) is 37.7. The number of ether oxygens (including phenoxy) is 1. The molecule has 59 heavy (non-hydrogen) atoms. The van der Waals surface area contributed by atoms with Crippen LogP contribution < -0.4 is 16.0 Å². The first-order valence-corrected chi connectivity index (χ1v) is 22.3. The fourth-order valence-corrected chi connectivity index (χ4v) is 14.4. The van der Waals surface area contributed by atoms with E-state index in [4.69, 9.17) is 4.74 Å². The number of aromatic nitrogens is 1. The lowest BCUT2D eigenvalue weighted by molar-refractivity contribution is -0.235. The second kappa shape index (κ2) is 14.1. The van der Waals surface area contributed by atoms with Gasteiger partial charge in [0.15, 0.2) is 5.78 Å². The van der Waals surface area contributed by atoms with Crippen LogP contribution >= 0.6 is 0 Å². The SMILES string of the molecule is Cc1cccc(NC(=O)NC(C)(C)C(=O)N[C@@]23CC[C@]4(C)[C@H](CC[C@@H]5[C@@]6(C)CC[C@H](OC(=O)[C@H]7C[C@@H](C(=O)O)C7(C)C)C(C)(C)[C@@H]6CC[C@]54C)C2=C(C(C)C)C(=O)C3)n1. The van der Waals surface area contributed by atoms with Crippen LogP contribution in [0.15, 0.2) is 29.3 Å². The second-order valence-electron chi connectivity index (χ2n) is 22.4. The van der Waals surface area contributed by atoms with Crippen molar-refractivity contribution in [3.8, 4) is 0 Å². The summed E-state index contributed by atoms with van der Waals surface area (Å²) in [5.41, 5.74) is -0.308. The van der Waals surface area contributed by atoms with E-state index in [1.807, 2.05) is 32.9 Å². The van der Waals surface area contributed by atoms with Gasteiger partial charge in [-0.25, -0.2) is 9.78 Å². The van der Waals surface area contributed by atoms with Gasteiger partial charge in [0.05, 0.1) is 17.4 Å². The van der Waals surface area contributed by atoms with Gasteiger partial charge in [0.1, 0.15) is 17.5 Å². The van der Waals surface area contributed by atoms with Crippen molar-refractivity contribution in [1.29, 1.82) is 0 Å². The van der Waals surface area contributed by atoms with Gasteiger partial charge in [-0.1, -0.05) is 68.4 Å². The molecule has 6 aliphatic rings. The number of hydrogen-bond acceptors (Lipinski definition) is 7. The van der Waals surface area contributed by atoms with Gasteiger partial charge in [0, 0.05) is 17.5 Å². The summed E-state index contributed by atoms with van der Waals surface area (Å²) < 4.78 is 6.41. The minimum Gasteiger partial charge on any atom is -0.481 e. The van der Waals surface area contributed by atoms with Gasteiger partial charge in [-0.3, -0.25) is 24.5 Å². The van der Waals surface area contributed by atoms with Gasteiger partial charge in [-0.15, -0.1) is 0 Å². The Morgan fingerprint density at radius 1 is 0.864 bits per heavy atom. The number of ketones is 1. The molecule has 11 heteroatoms. The maximum atomic E-state index is 14.4. The summed E-state index contributed by atoms with van der Waals surface area (Å²) in [6.07, 6.45) is 7.62. The largest absolute Gasteiger partial charge is 0.481 e. The molecule has 0 aliphatic heterocycles. The Labute approximate surface area is 351 Å². The lowest BCUT2D eigenvalue weighted by atomic mass is 9.33. The van der Waals surface area contributed by atoms with Crippen molar-refractivity contribution in [3.05, 3.63) is 35.0 Å². The van der Waals surface area contributed by atoms with Crippen LogP contribution in [-0.4, -0.2) is 56.9 Å². The van der Waals surface area contributed by atoms with Gasteiger partial charge in [-0.2, -0.15) is 0 Å². The number of carbonyl (C=O) groups is 5. The number of nitrogens with one attached hydrogen (secondary N) is 3. The zero-order chi connectivity index (χ0) is 43.5. The fourth-order valence-electron chi connectivity index (χ4n) is 14.4. The first-order valence-electron chi connectivity index (χ1n) is 22.3. The number of fused-ring (bicyclic) bond motifs is 7. The molecule has 0 unspecified atom stereocenters. The molecule has 0 aromatic carbocycles. The Balaban J connectivity index is 1.12. The van der Waals surface area contributed by atoms with Crippen molar-refractivity contribution >= 4 is 35.5 Å². The summed E-state index contributed by atoms with van der Waals surface area (Å²) >= 11 is 0. The first-order chi connectivity index (χ1) is 27.2. The summed E-state index contributed by atoms with van der Waals surface area (Å²) in [7, 11) is 0. The molecule has 1 aromatic rings. The Kier molecular flexibility index (Phi) is 10.4. The lowest BCUT2D eigenvalue weighted by Crippen LogP contribution is -2.68. The molecule has 3 amide bonds. The Morgan fingerprint density at radius 2 is 1.56 bits per heavy atom. The van der Waals surface area contributed by atoms with E-state index in [9.17, 15) is 29.1 Å². The number of urea groups is 1. The van der Waals surface area contributed by atoms with E-state index in [0.29, 0.717) is 30.5 Å². The van der Waals surface area contributed by atoms with Gasteiger partial charge in [0.2, 0.25) is 5.91 Å². The van der Waals surface area contributed by atoms with Crippen LogP contribution in [0.2, 0.25) is 0 Å². The number of anilines is 1. The number of carbonyl (C=O) groups excluding carboxylic acids is 4. The van der Waals surface area contributed by atoms with E-state index < -0.39 is 40.3 Å². The molecule has 1 aromatic heterocycles. The maximum Gasteiger partial charge on any atom is 0.321 e. The summed E-state index contributed by atoms with van der Waals surface area (Å²) in [5.74, 6) is -0.926. The number of rotatable bonds is 8. The predicted octanol–water partition coefficient (Wildman–Crippen LogP) is 8.80. The van der Waals surface area contributed by atoms with Crippen LogP contribution in [0.4, 0.5) is 10.6 Å². The van der Waals surface area contributed by atoms with Crippen LogP contribution in [0.25, 0.3) is 0 Å². The average molecular weight is 815 g/mol. The molecule has 5 saturated carbocycles. The number of carboxylic acid groups (broad SMARTS) is 1. The van der Waals surface area contributed by atoms with Crippen molar-refractivity contribution in [2.75, 3.05) is 5.32 Å². The standard InChI is InChI=1S/C48H70N4O7/c1-26(2)36-31(53)25-48(51-40(57)44(8,9)52-41(58)50-35-15-13-14-27(3)49-35)23-22-46(11)28(37(36)48)16-17-33-45(10)20-19-34(43(6,7)32(45)18-21-47(33,46)12)59-39(56)30-24-29(38(54)55)42(30,4)5/h13-15,26,28-30,32-34H,16-25H2,1-12H3,(H,51,57)(H,54,55)(H2,49,50,52,58)/t28-,29+,30-,32+,33-,34+,45+,46-,47-,48-/m1/s1. The van der Waals surface area contributed by atoms with Crippen molar-refractivity contribution < 1.29 is 33.8 Å². The summed E-state index contributed by atoms with van der Waals surface area (Å²) in [6, 6.07) is 4.83. The molecular formula is C48H70N4O7. The van der Waals surface area contributed by atoms with Crippen molar-refractivity contribution in [2.24, 2.45) is 62.6 Å². The Bertz CT molecular complexity index is 1990. The predicted molar refractivity (Wildman–Crippen MR) is 226 cm³/mol. The molecule has 4 N–H and O–H groups in total. The van der Waals surface area contributed by atoms with E-state index in [0.717, 1.165) is 61.8 Å². The number of aryl methyl sites for hydroxylation is 1. The van der Waals surface area contributed by atoms with E-state index in [-0.39, 0.29) is 63.7 Å². The second-order valence-corrected chi connectivity index (χ2v) is 22.4. The summed E-state index contributed by atoms with van der Waals surface area (Å²) in [5, 5.41) is 18.7. The van der Waals surface area contributed by atoms with Crippen molar-refractivity contribution in [2.45, 2.75) is 164 Å². The number of hydrogen-bond donors (Lipinski definition) is 4. The number of nitrogens with zero attached hydrogens (tertiary/aromatic N) is 1. The van der Waals surface area contributed by atoms with Crippen LogP contribution in [-0.2, 0) is 23.9 Å². The molecule has 11 nitrogen and oxygen atoms in total. The fraction of sp³-hybridized carbons (Fsp3) is 0.750. The highest BCUT2D eigenvalue weighted by molar-refractivity contribution is 6.03. The number of Topliss-reactive ketones (excluding diaryl/α,β-unsaturated/α-hetero) is 1. The van der Waals surface area contributed by atoms with Crippen LogP contribution in [0.3, 0.4) is 0 Å². The molecule has 0 spiro atoms. The molecule has 0 radical (unpaired) electrons. The number of carboxylic acids is 1. The van der Waals surface area contributed by atoms with E-state index >= 15 is 0 Å². The lowest BCUT2D eigenvalue weighted by Gasteiger charge is -2.72. The minimum absolute atomic E-state index is 0.00969. The van der Waals surface area contributed by atoms with E-state index in [1.54, 1.807) is 19.9 Å². The average Bonchev–Trinajstić information content (AvgIpc) is 3.40. The molecule has 6 aliphatic carbocycles. The molecule has 324 valence electrons. The van der Waals surface area contributed by atoms with Crippen LogP contribution in [0.5, 0.6) is 0 Å². The van der Waals surface area contributed by atoms with Crippen LogP contribution in [0.1, 0.15) is 146 Å². The van der Waals surface area contributed by atoms with Crippen molar-refractivity contribution in [1.82, 2.24) is 15.6 Å². The third-order valence-corrected chi connectivity index (χ3v) is 18.0. The number of aliphatic carboxylic acids is 1. The third kappa shape index (κ3) is 6.56. The Hall–Kier alpha value is -3.76. The van der Waals surface area contributed by atoms with Crippen LogP contribution in [0, 0.1) is 69.5 Å². The number of pyridine rings is 1. The highest BCUT2D eigenvalue weighted by atomic mass is 16.5. The quantitative estimate of drug-likeness (QED) is 0.189. The van der Waals surface area contributed by atoms with Gasteiger partial charge < -0.3 is 20.5 Å². The molecule has 0 bridgehead atoms. The summed E-state index contributed by atoms with van der Waals surface area (Å²) in [4.78, 5) is 71.5. The number of amides is 3. The number of esters is 1. The third-order valence-electron chi connectivity index (χ3n) is 18.0. The minimum atomic E-state index is -1.27. The summed E-state index contributed by atoms with van der Waals surface area (Å²) in [6.45, 7) is 25.3. The van der Waals surface area contributed by atoms with Gasteiger partial charge in [0.25, 0.3) is 0 Å². The molecule has 0 saturated heterocycles. The van der Waals surface area contributed by atoms with Gasteiger partial charge >= 0.3 is 18.0 Å². The first kappa shape index (κ1) is 43.3. The van der Waals surface area contributed by atoms with E-state index in [1.165, 1.54) is 0 Å². The van der Waals surface area contributed by atoms with Gasteiger partial charge in [-0.05, 0) is 147 Å². The zero-order valence-electron chi connectivity index (χ0n) is 37.7. The molecule has 10 atom stereocenters. The monoisotopic (exact) mass is 815 g/mol.